The van der Waals surface area contributed by atoms with Crippen LogP contribution in [0.15, 0.2) is 78.9 Å². The molecule has 0 radical (unpaired) electrons. The van der Waals surface area contributed by atoms with Crippen molar-refractivity contribution in [1.82, 2.24) is 0 Å². The van der Waals surface area contributed by atoms with Crippen LogP contribution in [0, 0.1) is 0 Å². The summed E-state index contributed by atoms with van der Waals surface area (Å²) in [5.74, 6) is 1.44. The molecule has 0 bridgehead atoms. The molecule has 1 unspecified atom stereocenters. The van der Waals surface area contributed by atoms with E-state index in [1.807, 2.05) is 54.6 Å². The first-order valence-corrected chi connectivity index (χ1v) is 18.1. The average molecular weight is 615 g/mol. The molecule has 4 rings (SSSR count). The van der Waals surface area contributed by atoms with Gasteiger partial charge in [-0.3, -0.25) is 8.75 Å². The van der Waals surface area contributed by atoms with Crippen LogP contribution in [0.1, 0.15) is 75.5 Å². The van der Waals surface area contributed by atoms with Gasteiger partial charge >= 0.3 is 7.60 Å². The molecule has 1 atom stereocenters. The van der Waals surface area contributed by atoms with Crippen molar-refractivity contribution < 1.29 is 31.0 Å². The first-order valence-electron chi connectivity index (χ1n) is 15.0. The Morgan fingerprint density at radius 3 is 2.10 bits per heavy atom. The molecule has 3 aromatic carbocycles. The highest BCUT2D eigenvalue weighted by atomic mass is 32.2. The smallest absolute Gasteiger partial charge is 0.351 e. The molecule has 42 heavy (non-hydrogen) atoms. The average Bonchev–Trinajstić information content (AvgIpc) is 2.97. The summed E-state index contributed by atoms with van der Waals surface area (Å²) >= 11 is 0. The lowest BCUT2D eigenvalue weighted by Crippen LogP contribution is -2.31. The molecule has 1 saturated carbocycles. The minimum Gasteiger partial charge on any atom is -0.457 e. The number of aryl methyl sites for hydroxylation is 1. The molecule has 1 aliphatic carbocycles. The van der Waals surface area contributed by atoms with Crippen molar-refractivity contribution >= 4 is 17.7 Å². The van der Waals surface area contributed by atoms with E-state index in [1.54, 1.807) is 13.8 Å². The normalized spacial score (nSPS) is 15.4. The van der Waals surface area contributed by atoms with E-state index in [4.69, 9.17) is 18.0 Å². The second kappa shape index (κ2) is 15.8. The van der Waals surface area contributed by atoms with Crippen LogP contribution >= 0.6 is 7.60 Å². The summed E-state index contributed by atoms with van der Waals surface area (Å²) in [6.45, 7) is 3.53. The number of rotatable bonds is 16. The first kappa shape index (κ1) is 32.4. The molecule has 0 N–H and O–H groups in total. The van der Waals surface area contributed by atoms with Crippen molar-refractivity contribution in [2.75, 3.05) is 13.2 Å². The molecule has 1 aliphatic rings. The molecule has 1 fully saturated rings. The zero-order valence-corrected chi connectivity index (χ0v) is 26.4. The van der Waals surface area contributed by atoms with Crippen LogP contribution in [-0.4, -0.2) is 32.7 Å². The van der Waals surface area contributed by atoms with E-state index in [1.165, 1.54) is 11.1 Å². The standard InChI is InChI=1S/C33H43O7PS/c1-3-37-41(34,38-4-2)33(42(35,36)40-31-17-9-6-10-18-31)20-12-16-28-15-11-19-32(26-28)39-30-23-21-29(22-24-30)25-27-13-7-5-8-14-27/h5,7-8,11,13-15,19,21-24,26,31,33H,3-4,6,9-10,12,16-18,20,25H2,1-2H3. The zero-order chi connectivity index (χ0) is 29.8. The van der Waals surface area contributed by atoms with Gasteiger partial charge in [-0.1, -0.05) is 73.9 Å². The third-order valence-corrected chi connectivity index (χ3v) is 12.5. The Balaban J connectivity index is 1.39. The second-order valence-electron chi connectivity index (χ2n) is 10.6. The number of benzene rings is 3. The van der Waals surface area contributed by atoms with Crippen molar-refractivity contribution in [3.63, 3.8) is 0 Å². The van der Waals surface area contributed by atoms with Crippen LogP contribution in [0.3, 0.4) is 0 Å². The molecule has 0 spiro atoms. The van der Waals surface area contributed by atoms with Crippen molar-refractivity contribution in [2.24, 2.45) is 0 Å². The van der Waals surface area contributed by atoms with E-state index in [2.05, 4.69) is 24.3 Å². The summed E-state index contributed by atoms with van der Waals surface area (Å²) in [6, 6.07) is 26.1. The molecule has 228 valence electrons. The van der Waals surface area contributed by atoms with Crippen molar-refractivity contribution in [2.45, 2.75) is 82.7 Å². The molecule has 9 heteroatoms. The van der Waals surface area contributed by atoms with Gasteiger partial charge in [0.05, 0.1) is 19.3 Å². The minimum atomic E-state index is -4.19. The van der Waals surface area contributed by atoms with Gasteiger partial charge in [0.1, 0.15) is 11.5 Å². The molecular formula is C33H43O7PS. The maximum atomic E-state index is 13.7. The SMILES string of the molecule is CCOP(=O)(OCC)C(CCCc1cccc(Oc2ccc(Cc3ccccc3)cc2)c1)S(=O)(=O)OC1CCCCC1. The largest absolute Gasteiger partial charge is 0.457 e. The van der Waals surface area contributed by atoms with Crippen LogP contribution in [0.2, 0.25) is 0 Å². The maximum Gasteiger partial charge on any atom is 0.351 e. The second-order valence-corrected chi connectivity index (χ2v) is 14.9. The summed E-state index contributed by atoms with van der Waals surface area (Å²) in [4.78, 5) is -1.37. The third-order valence-electron chi connectivity index (χ3n) is 7.35. The Kier molecular flexibility index (Phi) is 12.2. The number of ether oxygens (including phenoxy) is 1. The first-order chi connectivity index (χ1) is 20.3. The van der Waals surface area contributed by atoms with Crippen molar-refractivity contribution in [1.29, 1.82) is 0 Å². The van der Waals surface area contributed by atoms with Crippen LogP contribution in [0.25, 0.3) is 0 Å². The fourth-order valence-electron chi connectivity index (χ4n) is 5.33. The predicted octanol–water partition coefficient (Wildman–Crippen LogP) is 8.66. The predicted molar refractivity (Wildman–Crippen MR) is 167 cm³/mol. The van der Waals surface area contributed by atoms with Crippen molar-refractivity contribution in [3.05, 3.63) is 95.6 Å². The lowest BCUT2D eigenvalue weighted by atomic mass is 9.98. The summed E-state index contributed by atoms with van der Waals surface area (Å²) in [7, 11) is -8.15. The number of hydrogen-bond donors (Lipinski definition) is 0. The summed E-state index contributed by atoms with van der Waals surface area (Å²) in [5, 5.41) is 0. The minimum absolute atomic E-state index is 0.0827. The van der Waals surface area contributed by atoms with Gasteiger partial charge in [-0.05, 0) is 93.3 Å². The van der Waals surface area contributed by atoms with Gasteiger partial charge in [0.2, 0.25) is 0 Å². The molecule has 0 aliphatic heterocycles. The molecule has 7 nitrogen and oxygen atoms in total. The van der Waals surface area contributed by atoms with Crippen LogP contribution < -0.4 is 4.74 Å². The van der Waals surface area contributed by atoms with E-state index < -0.39 is 22.7 Å². The van der Waals surface area contributed by atoms with Gasteiger partial charge in [0.25, 0.3) is 10.1 Å². The Labute approximate surface area is 251 Å². The molecule has 0 heterocycles. The molecule has 0 amide bonds. The highest BCUT2D eigenvalue weighted by Gasteiger charge is 2.46. The van der Waals surface area contributed by atoms with Gasteiger partial charge < -0.3 is 13.8 Å². The highest BCUT2D eigenvalue weighted by Crippen LogP contribution is 2.57. The van der Waals surface area contributed by atoms with E-state index >= 15 is 0 Å². The lowest BCUT2D eigenvalue weighted by Gasteiger charge is -2.28. The summed E-state index contributed by atoms with van der Waals surface area (Å²) in [6.07, 6.45) is 5.89. The zero-order valence-electron chi connectivity index (χ0n) is 24.7. The fraction of sp³-hybridized carbons (Fsp3) is 0.455. The highest BCUT2D eigenvalue weighted by molar-refractivity contribution is 7.94. The van der Waals surface area contributed by atoms with Crippen LogP contribution in [-0.2, 0) is 40.8 Å². The van der Waals surface area contributed by atoms with Crippen molar-refractivity contribution in [3.8, 4) is 11.5 Å². The Morgan fingerprint density at radius 1 is 0.786 bits per heavy atom. The molecule has 0 saturated heterocycles. The Morgan fingerprint density at radius 2 is 1.43 bits per heavy atom. The third kappa shape index (κ3) is 9.51. The van der Waals surface area contributed by atoms with Gasteiger partial charge in [0.15, 0.2) is 4.99 Å². The van der Waals surface area contributed by atoms with Gasteiger partial charge in [-0.2, -0.15) is 8.42 Å². The van der Waals surface area contributed by atoms with Gasteiger partial charge in [0, 0.05) is 0 Å². The quantitative estimate of drug-likeness (QED) is 0.118. The van der Waals surface area contributed by atoms with E-state index in [0.29, 0.717) is 31.4 Å². The lowest BCUT2D eigenvalue weighted by molar-refractivity contribution is 0.158. The fourth-order valence-corrected chi connectivity index (χ4v) is 9.89. The van der Waals surface area contributed by atoms with Crippen LogP contribution in [0.4, 0.5) is 0 Å². The monoisotopic (exact) mass is 614 g/mol. The Hall–Kier alpha value is -2.48. The van der Waals surface area contributed by atoms with E-state index in [9.17, 15) is 13.0 Å². The maximum absolute atomic E-state index is 13.7. The topological polar surface area (TPSA) is 88.1 Å². The Bertz CT molecular complexity index is 1380. The summed E-state index contributed by atoms with van der Waals surface area (Å²) in [5.41, 5.74) is 3.45. The summed E-state index contributed by atoms with van der Waals surface area (Å²) < 4.78 is 63.3. The molecule has 3 aromatic rings. The van der Waals surface area contributed by atoms with Gasteiger partial charge in [-0.25, -0.2) is 0 Å². The van der Waals surface area contributed by atoms with E-state index in [0.717, 1.165) is 37.0 Å². The van der Waals surface area contributed by atoms with Crippen LogP contribution in [0.5, 0.6) is 11.5 Å². The van der Waals surface area contributed by atoms with Gasteiger partial charge in [-0.15, -0.1) is 0 Å². The number of hydrogen-bond acceptors (Lipinski definition) is 7. The molecule has 0 aromatic heterocycles. The molecular weight excluding hydrogens is 571 g/mol. The van der Waals surface area contributed by atoms with E-state index in [-0.39, 0.29) is 25.7 Å².